The minimum absolute atomic E-state index is 0. The second-order valence-corrected chi connectivity index (χ2v) is 8.75. The number of guanidine groups is 1. The fourth-order valence-electron chi connectivity index (χ4n) is 3.73. The molecule has 2 aliphatic heterocycles. The van der Waals surface area contributed by atoms with Crippen molar-refractivity contribution >= 4 is 29.9 Å². The summed E-state index contributed by atoms with van der Waals surface area (Å²) >= 11 is 0. The first-order chi connectivity index (χ1) is 13.4. The van der Waals surface area contributed by atoms with Crippen molar-refractivity contribution in [3.63, 3.8) is 0 Å². The molecule has 0 aromatic carbocycles. The topological polar surface area (TPSA) is 67.4 Å². The number of halogens is 1. The normalized spacial score (nSPS) is 26.2. The number of hydrogen-bond donors (Lipinski definition) is 2. The highest BCUT2D eigenvalue weighted by atomic mass is 127. The third kappa shape index (κ3) is 10.1. The molecule has 0 aliphatic carbocycles. The van der Waals surface area contributed by atoms with E-state index < -0.39 is 0 Å². The molecule has 2 saturated heterocycles. The largest absolute Gasteiger partial charge is 0.381 e. The number of nitrogens with one attached hydrogen (secondary N) is 2. The molecule has 2 N–H and O–H groups in total. The van der Waals surface area contributed by atoms with Crippen molar-refractivity contribution in [2.24, 2.45) is 10.9 Å². The summed E-state index contributed by atoms with van der Waals surface area (Å²) in [6.45, 7) is 18.6. The maximum atomic E-state index is 5.87. The molecular weight excluding hydrogens is 483 g/mol. The number of nitrogens with zero attached hydrogens (tertiary/aromatic N) is 2. The summed E-state index contributed by atoms with van der Waals surface area (Å²) in [5.41, 5.74) is 0.00111. The standard InChI is InChI=1S/C21H42N4O3.HI/c1-6-22-20(23-9-7-10-26-14-19-8-11-27-15-19)24-16-21(4,5)25-12-17(2)28-18(3)13-25;/h17-19H,6-16H2,1-5H3,(H2,22,23,24);1H. The van der Waals surface area contributed by atoms with Crippen LogP contribution in [0.2, 0.25) is 0 Å². The highest BCUT2D eigenvalue weighted by molar-refractivity contribution is 14.0. The lowest BCUT2D eigenvalue weighted by atomic mass is 10.0. The molecule has 0 saturated carbocycles. The molecule has 29 heavy (non-hydrogen) atoms. The Balaban J connectivity index is 0.00000420. The molecule has 2 aliphatic rings. The molecule has 3 unspecified atom stereocenters. The zero-order valence-electron chi connectivity index (χ0n) is 19.0. The Morgan fingerprint density at radius 1 is 1.21 bits per heavy atom. The van der Waals surface area contributed by atoms with Gasteiger partial charge in [0.1, 0.15) is 0 Å². The van der Waals surface area contributed by atoms with Crippen LogP contribution in [0.25, 0.3) is 0 Å². The van der Waals surface area contributed by atoms with E-state index in [1.807, 2.05) is 0 Å². The van der Waals surface area contributed by atoms with Gasteiger partial charge >= 0.3 is 0 Å². The van der Waals surface area contributed by atoms with E-state index in [1.54, 1.807) is 0 Å². The van der Waals surface area contributed by atoms with Crippen LogP contribution in [-0.4, -0.2) is 87.8 Å². The van der Waals surface area contributed by atoms with Crippen LogP contribution in [0.1, 0.15) is 47.5 Å². The monoisotopic (exact) mass is 526 g/mol. The van der Waals surface area contributed by atoms with Crippen LogP contribution in [0, 0.1) is 5.92 Å². The van der Waals surface area contributed by atoms with Crippen LogP contribution in [0.3, 0.4) is 0 Å². The zero-order chi connectivity index (χ0) is 20.4. The Kier molecular flexibility index (Phi) is 13.0. The van der Waals surface area contributed by atoms with Gasteiger partial charge in [0.25, 0.3) is 0 Å². The summed E-state index contributed by atoms with van der Waals surface area (Å²) in [5.74, 6) is 1.47. The number of rotatable bonds is 10. The molecule has 0 spiro atoms. The van der Waals surface area contributed by atoms with Gasteiger partial charge in [0, 0.05) is 50.8 Å². The van der Waals surface area contributed by atoms with Crippen molar-refractivity contribution in [2.75, 3.05) is 59.2 Å². The fraction of sp³-hybridized carbons (Fsp3) is 0.952. The third-order valence-electron chi connectivity index (χ3n) is 5.38. The van der Waals surface area contributed by atoms with Crippen molar-refractivity contribution in [3.05, 3.63) is 0 Å². The summed E-state index contributed by atoms with van der Waals surface area (Å²) in [6.07, 6.45) is 2.65. The molecule has 7 nitrogen and oxygen atoms in total. The van der Waals surface area contributed by atoms with Crippen LogP contribution in [0.4, 0.5) is 0 Å². The summed E-state index contributed by atoms with van der Waals surface area (Å²) < 4.78 is 17.0. The van der Waals surface area contributed by atoms with Gasteiger partial charge in [-0.15, -0.1) is 24.0 Å². The van der Waals surface area contributed by atoms with E-state index in [9.17, 15) is 0 Å². The Morgan fingerprint density at radius 3 is 2.55 bits per heavy atom. The summed E-state index contributed by atoms with van der Waals surface area (Å²) in [4.78, 5) is 7.35. The van der Waals surface area contributed by atoms with Gasteiger partial charge < -0.3 is 24.8 Å². The highest BCUT2D eigenvalue weighted by Crippen LogP contribution is 2.21. The first-order valence-corrected chi connectivity index (χ1v) is 11.0. The van der Waals surface area contributed by atoms with Gasteiger partial charge in [0.2, 0.25) is 0 Å². The zero-order valence-corrected chi connectivity index (χ0v) is 21.4. The summed E-state index contributed by atoms with van der Waals surface area (Å²) in [6, 6.07) is 0. The average Bonchev–Trinajstić information content (AvgIpc) is 3.15. The van der Waals surface area contributed by atoms with E-state index in [2.05, 4.69) is 50.2 Å². The molecule has 3 atom stereocenters. The Labute approximate surface area is 194 Å². The summed E-state index contributed by atoms with van der Waals surface area (Å²) in [7, 11) is 0. The van der Waals surface area contributed by atoms with Gasteiger partial charge in [0.05, 0.1) is 32.0 Å². The van der Waals surface area contributed by atoms with Crippen LogP contribution in [0.15, 0.2) is 4.99 Å². The van der Waals surface area contributed by atoms with Gasteiger partial charge in [-0.1, -0.05) is 0 Å². The Morgan fingerprint density at radius 2 is 1.93 bits per heavy atom. The van der Waals surface area contributed by atoms with Crippen LogP contribution >= 0.6 is 24.0 Å². The molecule has 0 amide bonds. The number of ether oxygens (including phenoxy) is 3. The molecular formula is C21H43IN4O3. The van der Waals surface area contributed by atoms with Crippen molar-refractivity contribution in [2.45, 2.75) is 65.2 Å². The smallest absolute Gasteiger partial charge is 0.191 e. The van der Waals surface area contributed by atoms with E-state index in [4.69, 9.17) is 19.2 Å². The van der Waals surface area contributed by atoms with Crippen molar-refractivity contribution in [3.8, 4) is 0 Å². The van der Waals surface area contributed by atoms with Gasteiger partial charge in [0.15, 0.2) is 5.96 Å². The van der Waals surface area contributed by atoms with E-state index in [-0.39, 0.29) is 41.7 Å². The SMILES string of the molecule is CCNC(=NCC(C)(C)N1CC(C)OC(C)C1)NCCCOCC1CCOC1.I. The van der Waals surface area contributed by atoms with E-state index in [0.717, 1.165) is 78.0 Å². The molecule has 0 bridgehead atoms. The average molecular weight is 527 g/mol. The third-order valence-corrected chi connectivity index (χ3v) is 5.38. The molecule has 0 aromatic heterocycles. The van der Waals surface area contributed by atoms with Gasteiger partial charge in [-0.25, -0.2) is 0 Å². The van der Waals surface area contributed by atoms with Crippen LogP contribution in [0.5, 0.6) is 0 Å². The predicted molar refractivity (Wildman–Crippen MR) is 129 cm³/mol. The number of aliphatic imine (C=N–C) groups is 1. The number of morpholine rings is 1. The minimum Gasteiger partial charge on any atom is -0.381 e. The molecule has 2 rings (SSSR count). The fourth-order valence-corrected chi connectivity index (χ4v) is 3.73. The van der Waals surface area contributed by atoms with Crippen molar-refractivity contribution < 1.29 is 14.2 Å². The van der Waals surface area contributed by atoms with Gasteiger partial charge in [-0.05, 0) is 47.5 Å². The van der Waals surface area contributed by atoms with Crippen molar-refractivity contribution in [1.82, 2.24) is 15.5 Å². The first-order valence-electron chi connectivity index (χ1n) is 11.0. The predicted octanol–water partition coefficient (Wildman–Crippen LogP) is 2.49. The summed E-state index contributed by atoms with van der Waals surface area (Å²) in [5, 5.41) is 6.78. The van der Waals surface area contributed by atoms with Crippen molar-refractivity contribution in [1.29, 1.82) is 0 Å². The van der Waals surface area contributed by atoms with E-state index in [0.29, 0.717) is 5.92 Å². The van der Waals surface area contributed by atoms with Crippen LogP contribution in [-0.2, 0) is 14.2 Å². The van der Waals surface area contributed by atoms with Gasteiger partial charge in [-0.2, -0.15) is 0 Å². The quantitative estimate of drug-likeness (QED) is 0.197. The lowest BCUT2D eigenvalue weighted by Crippen LogP contribution is -2.56. The second kappa shape index (κ2) is 14.0. The first kappa shape index (κ1) is 26.9. The molecule has 172 valence electrons. The van der Waals surface area contributed by atoms with E-state index in [1.165, 1.54) is 0 Å². The molecule has 2 heterocycles. The van der Waals surface area contributed by atoms with E-state index >= 15 is 0 Å². The molecule has 8 heteroatoms. The second-order valence-electron chi connectivity index (χ2n) is 8.75. The highest BCUT2D eigenvalue weighted by Gasteiger charge is 2.33. The number of hydrogen-bond acceptors (Lipinski definition) is 5. The lowest BCUT2D eigenvalue weighted by molar-refractivity contribution is -0.0939. The Bertz CT molecular complexity index is 463. The molecule has 0 radical (unpaired) electrons. The molecule has 0 aromatic rings. The maximum absolute atomic E-state index is 5.87. The van der Waals surface area contributed by atoms with Crippen LogP contribution < -0.4 is 10.6 Å². The minimum atomic E-state index is 0. The Hall–Kier alpha value is -0.160. The molecule has 2 fully saturated rings. The van der Waals surface area contributed by atoms with Gasteiger partial charge in [-0.3, -0.25) is 9.89 Å². The lowest BCUT2D eigenvalue weighted by Gasteiger charge is -2.44. The maximum Gasteiger partial charge on any atom is 0.191 e.